The maximum atomic E-state index is 13.5. The molecule has 1 aliphatic carbocycles. The molecule has 170 valence electrons. The van der Waals surface area contributed by atoms with E-state index in [4.69, 9.17) is 0 Å². The van der Waals surface area contributed by atoms with Crippen LogP contribution in [0.15, 0.2) is 22.7 Å². The number of hydrogen-bond donors (Lipinski definition) is 1. The van der Waals surface area contributed by atoms with Gasteiger partial charge in [-0.2, -0.15) is 0 Å². The van der Waals surface area contributed by atoms with Crippen LogP contribution < -0.4 is 4.72 Å². The molecule has 2 fully saturated rings. The van der Waals surface area contributed by atoms with E-state index >= 15 is 0 Å². The number of halogens is 2. The molecule has 1 saturated heterocycles. The van der Waals surface area contributed by atoms with E-state index in [0.717, 1.165) is 67.7 Å². The van der Waals surface area contributed by atoms with Gasteiger partial charge in [-0.15, -0.1) is 0 Å². The molecule has 3 rings (SSSR count). The van der Waals surface area contributed by atoms with Gasteiger partial charge in [0.15, 0.2) is 0 Å². The van der Waals surface area contributed by atoms with Crippen LogP contribution in [0.1, 0.15) is 63.9 Å². The second-order valence-electron chi connectivity index (χ2n) is 9.17. The number of benzene rings is 1. The van der Waals surface area contributed by atoms with Gasteiger partial charge in [-0.1, -0.05) is 22.9 Å². The topological polar surface area (TPSA) is 49.4 Å². The Kier molecular flexibility index (Phi) is 9.17. The highest BCUT2D eigenvalue weighted by Crippen LogP contribution is 2.29. The molecule has 2 aliphatic rings. The number of sulfonamides is 1. The van der Waals surface area contributed by atoms with Crippen LogP contribution in [0.5, 0.6) is 0 Å². The average molecular weight is 504 g/mol. The Morgan fingerprint density at radius 2 is 1.80 bits per heavy atom. The van der Waals surface area contributed by atoms with Gasteiger partial charge in [0.25, 0.3) is 0 Å². The fraction of sp³-hybridized carbons (Fsp3) is 0.739. The minimum atomic E-state index is -3.09. The molecule has 0 atom stereocenters. The Labute approximate surface area is 190 Å². The molecule has 1 aromatic rings. The van der Waals surface area contributed by atoms with Crippen molar-refractivity contribution in [2.45, 2.75) is 70.8 Å². The van der Waals surface area contributed by atoms with Gasteiger partial charge in [0.05, 0.1) is 5.75 Å². The normalized spacial score (nSPS) is 24.2. The summed E-state index contributed by atoms with van der Waals surface area (Å²) >= 11 is 3.55. The SMILES string of the molecule is CCCS(=O)(=O)NC1CCC(CCN2CCC(Cc3cc(F)ccc3Br)CC2)CC1. The summed E-state index contributed by atoms with van der Waals surface area (Å²) in [6.45, 7) is 5.31. The molecule has 0 unspecified atom stereocenters. The van der Waals surface area contributed by atoms with Gasteiger partial charge in [-0.3, -0.25) is 0 Å². The predicted molar refractivity (Wildman–Crippen MR) is 125 cm³/mol. The highest BCUT2D eigenvalue weighted by molar-refractivity contribution is 9.10. The van der Waals surface area contributed by atoms with E-state index in [9.17, 15) is 12.8 Å². The largest absolute Gasteiger partial charge is 0.303 e. The van der Waals surface area contributed by atoms with E-state index in [2.05, 4.69) is 25.6 Å². The first-order valence-electron chi connectivity index (χ1n) is 11.5. The van der Waals surface area contributed by atoms with Crippen LogP contribution in [-0.2, 0) is 16.4 Å². The Morgan fingerprint density at radius 3 is 2.47 bits per heavy atom. The van der Waals surface area contributed by atoms with Crippen molar-refractivity contribution in [3.05, 3.63) is 34.1 Å². The third-order valence-electron chi connectivity index (χ3n) is 6.74. The molecule has 1 N–H and O–H groups in total. The van der Waals surface area contributed by atoms with E-state index in [1.54, 1.807) is 6.07 Å². The quantitative estimate of drug-likeness (QED) is 0.509. The molecule has 4 nitrogen and oxygen atoms in total. The summed E-state index contributed by atoms with van der Waals surface area (Å²) in [6, 6.07) is 5.11. The minimum absolute atomic E-state index is 0.135. The molecule has 1 saturated carbocycles. The van der Waals surface area contributed by atoms with Crippen molar-refractivity contribution >= 4 is 26.0 Å². The first-order valence-corrected chi connectivity index (χ1v) is 14.0. The van der Waals surface area contributed by atoms with Crippen molar-refractivity contribution in [3.8, 4) is 0 Å². The van der Waals surface area contributed by atoms with Gasteiger partial charge in [0, 0.05) is 10.5 Å². The maximum Gasteiger partial charge on any atom is 0.211 e. The standard InChI is InChI=1S/C23H36BrFN2O2S/c1-2-15-30(28,29)26-22-6-3-18(4-7-22)9-12-27-13-10-19(11-14-27)16-20-17-21(25)5-8-23(20)24/h5,8,17-19,22,26H,2-4,6-7,9-16H2,1H3. The molecular formula is C23H36BrFN2O2S. The van der Waals surface area contributed by atoms with Crippen LogP contribution in [0, 0.1) is 17.7 Å². The van der Waals surface area contributed by atoms with Crippen molar-refractivity contribution in [3.63, 3.8) is 0 Å². The average Bonchev–Trinajstić information content (AvgIpc) is 2.71. The third kappa shape index (κ3) is 7.57. The Hall–Kier alpha value is -0.500. The van der Waals surface area contributed by atoms with Gasteiger partial charge in [-0.05, 0) is 113 Å². The monoisotopic (exact) mass is 502 g/mol. The summed E-state index contributed by atoms with van der Waals surface area (Å²) in [5, 5.41) is 0. The second-order valence-corrected chi connectivity index (χ2v) is 11.9. The summed E-state index contributed by atoms with van der Waals surface area (Å²) in [7, 11) is -3.09. The molecule has 1 heterocycles. The van der Waals surface area contributed by atoms with Crippen LogP contribution >= 0.6 is 15.9 Å². The zero-order chi connectivity index (χ0) is 21.6. The van der Waals surface area contributed by atoms with Crippen LogP contribution in [0.3, 0.4) is 0 Å². The van der Waals surface area contributed by atoms with Crippen LogP contribution in [-0.4, -0.2) is 44.7 Å². The maximum absolute atomic E-state index is 13.5. The van der Waals surface area contributed by atoms with Crippen LogP contribution in [0.4, 0.5) is 4.39 Å². The van der Waals surface area contributed by atoms with E-state index in [1.807, 2.05) is 13.0 Å². The van der Waals surface area contributed by atoms with E-state index in [1.165, 1.54) is 25.3 Å². The summed E-state index contributed by atoms with van der Waals surface area (Å²) in [6.07, 6.45) is 9.38. The molecule has 0 spiro atoms. The van der Waals surface area contributed by atoms with Gasteiger partial charge >= 0.3 is 0 Å². The van der Waals surface area contributed by atoms with E-state index in [-0.39, 0.29) is 17.6 Å². The van der Waals surface area contributed by atoms with E-state index in [0.29, 0.717) is 12.3 Å². The number of hydrogen-bond acceptors (Lipinski definition) is 3. The smallest absolute Gasteiger partial charge is 0.211 e. The van der Waals surface area contributed by atoms with Gasteiger partial charge in [-0.25, -0.2) is 17.5 Å². The lowest BCUT2D eigenvalue weighted by molar-refractivity contribution is 0.164. The molecule has 1 aliphatic heterocycles. The number of rotatable bonds is 9. The molecule has 0 amide bonds. The zero-order valence-electron chi connectivity index (χ0n) is 18.1. The Balaban J connectivity index is 1.33. The summed E-state index contributed by atoms with van der Waals surface area (Å²) in [4.78, 5) is 2.58. The molecule has 0 bridgehead atoms. The zero-order valence-corrected chi connectivity index (χ0v) is 20.5. The highest BCUT2D eigenvalue weighted by Gasteiger charge is 2.26. The van der Waals surface area contributed by atoms with Crippen molar-refractivity contribution in [1.29, 1.82) is 0 Å². The van der Waals surface area contributed by atoms with Crippen molar-refractivity contribution in [1.82, 2.24) is 9.62 Å². The summed E-state index contributed by atoms with van der Waals surface area (Å²) in [5.41, 5.74) is 1.08. The van der Waals surface area contributed by atoms with Crippen LogP contribution in [0.25, 0.3) is 0 Å². The predicted octanol–water partition coefficient (Wildman–Crippen LogP) is 5.12. The number of nitrogens with one attached hydrogen (secondary N) is 1. The highest BCUT2D eigenvalue weighted by atomic mass is 79.9. The third-order valence-corrected chi connectivity index (χ3v) is 9.15. The fourth-order valence-electron chi connectivity index (χ4n) is 4.94. The molecule has 1 aromatic carbocycles. The molecule has 0 radical (unpaired) electrons. The Bertz CT molecular complexity index is 773. The van der Waals surface area contributed by atoms with Gasteiger partial charge in [0.1, 0.15) is 5.82 Å². The van der Waals surface area contributed by atoms with Crippen molar-refractivity contribution in [2.75, 3.05) is 25.4 Å². The lowest BCUT2D eigenvalue weighted by Gasteiger charge is -2.34. The molecule has 0 aromatic heterocycles. The molecule has 7 heteroatoms. The Morgan fingerprint density at radius 1 is 1.10 bits per heavy atom. The van der Waals surface area contributed by atoms with Gasteiger partial charge < -0.3 is 4.90 Å². The lowest BCUT2D eigenvalue weighted by Crippen LogP contribution is -2.39. The van der Waals surface area contributed by atoms with Gasteiger partial charge in [0.2, 0.25) is 10.0 Å². The fourth-order valence-corrected chi connectivity index (χ4v) is 6.75. The number of nitrogens with zero attached hydrogens (tertiary/aromatic N) is 1. The number of likely N-dealkylation sites (tertiary alicyclic amines) is 1. The summed E-state index contributed by atoms with van der Waals surface area (Å²) < 4.78 is 41.3. The minimum Gasteiger partial charge on any atom is -0.303 e. The number of piperidine rings is 1. The van der Waals surface area contributed by atoms with Crippen molar-refractivity contribution < 1.29 is 12.8 Å². The lowest BCUT2D eigenvalue weighted by atomic mass is 9.84. The summed E-state index contributed by atoms with van der Waals surface area (Å²) in [5.74, 6) is 1.43. The first-order chi connectivity index (χ1) is 14.3. The first kappa shape index (κ1) is 24.1. The van der Waals surface area contributed by atoms with Crippen molar-refractivity contribution in [2.24, 2.45) is 11.8 Å². The molecule has 30 heavy (non-hydrogen) atoms. The van der Waals surface area contributed by atoms with Crippen LogP contribution in [0.2, 0.25) is 0 Å². The van der Waals surface area contributed by atoms with E-state index < -0.39 is 10.0 Å². The second kappa shape index (κ2) is 11.4. The molecular weight excluding hydrogens is 467 g/mol.